The van der Waals surface area contributed by atoms with Gasteiger partial charge in [-0.3, -0.25) is 9.59 Å². The van der Waals surface area contributed by atoms with E-state index < -0.39 is 11.8 Å². The third-order valence-electron chi connectivity index (χ3n) is 4.65. The number of nitrogens with two attached hydrogens (primary N) is 1. The number of carbonyl (C=O) groups is 2. The summed E-state index contributed by atoms with van der Waals surface area (Å²) in [7, 11) is 0. The summed E-state index contributed by atoms with van der Waals surface area (Å²) < 4.78 is 15.0. The summed E-state index contributed by atoms with van der Waals surface area (Å²) in [6.45, 7) is 2.05. The maximum atomic E-state index is 13.4. The molecule has 0 aliphatic rings. The van der Waals surface area contributed by atoms with Crippen molar-refractivity contribution in [2.24, 2.45) is 5.73 Å². The van der Waals surface area contributed by atoms with Crippen LogP contribution < -0.4 is 11.1 Å². The number of carbonyl (C=O) groups excluding carboxylic acids is 2. The summed E-state index contributed by atoms with van der Waals surface area (Å²) in [6.07, 6.45) is 0. The quantitative estimate of drug-likeness (QED) is 0.531. The number of amides is 2. The van der Waals surface area contributed by atoms with Gasteiger partial charge in [0.15, 0.2) is 5.82 Å². The van der Waals surface area contributed by atoms with E-state index in [0.29, 0.717) is 28.7 Å². The highest BCUT2D eigenvalue weighted by molar-refractivity contribution is 6.13. The zero-order chi connectivity index (χ0) is 21.3. The summed E-state index contributed by atoms with van der Waals surface area (Å²) in [4.78, 5) is 28.7. The van der Waals surface area contributed by atoms with Gasteiger partial charge in [0.25, 0.3) is 11.8 Å². The lowest BCUT2D eigenvalue weighted by Crippen LogP contribution is -2.18. The van der Waals surface area contributed by atoms with Crippen molar-refractivity contribution >= 4 is 28.5 Å². The average Bonchev–Trinajstić information content (AvgIpc) is 3.06. The summed E-state index contributed by atoms with van der Waals surface area (Å²) >= 11 is 0. The van der Waals surface area contributed by atoms with Crippen LogP contribution >= 0.6 is 0 Å². The number of nitrogens with one attached hydrogen (secondary N) is 1. The monoisotopic (exact) mass is 404 g/mol. The molecule has 2 aromatic heterocycles. The molecule has 0 unspecified atom stereocenters. The fraction of sp³-hybridized carbons (Fsp3) is 0.0952. The molecule has 9 heteroatoms. The van der Waals surface area contributed by atoms with Gasteiger partial charge in [-0.05, 0) is 36.8 Å². The van der Waals surface area contributed by atoms with Crippen LogP contribution in [0.5, 0.6) is 0 Å². The molecule has 150 valence electrons. The summed E-state index contributed by atoms with van der Waals surface area (Å²) in [5.74, 6) is -1.28. The highest BCUT2D eigenvalue weighted by Crippen LogP contribution is 2.21. The molecule has 3 N–H and O–H groups in total. The molecule has 4 rings (SSSR count). The fourth-order valence-electron chi connectivity index (χ4n) is 3.10. The molecular weight excluding hydrogens is 387 g/mol. The van der Waals surface area contributed by atoms with Crippen LogP contribution in [0.3, 0.4) is 0 Å². The van der Waals surface area contributed by atoms with Crippen molar-refractivity contribution in [1.82, 2.24) is 20.0 Å². The summed E-state index contributed by atoms with van der Waals surface area (Å²) in [5, 5.41) is 11.3. The van der Waals surface area contributed by atoms with Crippen molar-refractivity contribution in [2.45, 2.75) is 13.5 Å². The summed E-state index contributed by atoms with van der Waals surface area (Å²) in [6, 6.07) is 14.5. The van der Waals surface area contributed by atoms with Gasteiger partial charge < -0.3 is 11.1 Å². The lowest BCUT2D eigenvalue weighted by Gasteiger charge is -2.09. The van der Waals surface area contributed by atoms with Crippen molar-refractivity contribution in [3.63, 3.8) is 0 Å². The Balaban J connectivity index is 1.63. The first kappa shape index (κ1) is 19.2. The zero-order valence-corrected chi connectivity index (χ0v) is 16.0. The molecule has 0 fully saturated rings. The Morgan fingerprint density at radius 3 is 2.70 bits per heavy atom. The predicted octanol–water partition coefficient (Wildman–Crippen LogP) is 2.67. The van der Waals surface area contributed by atoms with Crippen LogP contribution in [0.25, 0.3) is 10.9 Å². The normalized spacial score (nSPS) is 10.9. The minimum atomic E-state index is -0.730. The van der Waals surface area contributed by atoms with E-state index in [2.05, 4.69) is 20.6 Å². The second kappa shape index (κ2) is 7.70. The molecule has 30 heavy (non-hydrogen) atoms. The van der Waals surface area contributed by atoms with Crippen molar-refractivity contribution in [1.29, 1.82) is 0 Å². The number of halogens is 1. The highest BCUT2D eigenvalue weighted by atomic mass is 19.1. The van der Waals surface area contributed by atoms with Gasteiger partial charge >= 0.3 is 0 Å². The third-order valence-corrected chi connectivity index (χ3v) is 4.65. The molecule has 0 radical (unpaired) electrons. The molecule has 0 atom stereocenters. The number of primary amides is 1. The molecule has 0 spiro atoms. The van der Waals surface area contributed by atoms with Crippen LogP contribution in [0.4, 0.5) is 10.2 Å². The van der Waals surface area contributed by atoms with Gasteiger partial charge in [0.2, 0.25) is 0 Å². The first-order valence-corrected chi connectivity index (χ1v) is 9.08. The van der Waals surface area contributed by atoms with E-state index >= 15 is 0 Å². The number of aromatic nitrogens is 4. The van der Waals surface area contributed by atoms with Crippen molar-refractivity contribution in [3.05, 3.63) is 82.9 Å². The van der Waals surface area contributed by atoms with Gasteiger partial charge in [0, 0.05) is 5.39 Å². The molecule has 0 saturated heterocycles. The predicted molar refractivity (Wildman–Crippen MR) is 108 cm³/mol. The molecule has 2 amide bonds. The number of anilines is 1. The standard InChI is InChI=1S/C21H17FN6O2/c1-12-20(26-27-28(12)11-13-5-4-6-14(22)9-13)25-21(30)16-10-18(19(23)29)24-17-8-3-2-7-15(16)17/h2-10H,11H2,1H3,(H2,23,29)(H,25,30). The van der Waals surface area contributed by atoms with E-state index in [9.17, 15) is 14.0 Å². The average molecular weight is 404 g/mol. The van der Waals surface area contributed by atoms with Gasteiger partial charge in [-0.15, -0.1) is 5.10 Å². The number of nitrogens with zero attached hydrogens (tertiary/aromatic N) is 4. The van der Waals surface area contributed by atoms with Gasteiger partial charge in [-0.1, -0.05) is 35.5 Å². The lowest BCUT2D eigenvalue weighted by atomic mass is 10.1. The van der Waals surface area contributed by atoms with Crippen LogP contribution in [0.2, 0.25) is 0 Å². The van der Waals surface area contributed by atoms with Gasteiger partial charge in [-0.25, -0.2) is 14.1 Å². The maximum absolute atomic E-state index is 13.4. The minimum absolute atomic E-state index is 0.00895. The molecule has 0 aliphatic carbocycles. The Hall–Kier alpha value is -4.14. The zero-order valence-electron chi connectivity index (χ0n) is 16.0. The van der Waals surface area contributed by atoms with E-state index in [-0.39, 0.29) is 22.9 Å². The first-order valence-electron chi connectivity index (χ1n) is 9.08. The van der Waals surface area contributed by atoms with Crippen LogP contribution in [0.15, 0.2) is 54.6 Å². The van der Waals surface area contributed by atoms with E-state index in [0.717, 1.165) is 0 Å². The Labute approximate surface area is 170 Å². The van der Waals surface area contributed by atoms with Crippen LogP contribution in [-0.2, 0) is 6.54 Å². The second-order valence-electron chi connectivity index (χ2n) is 6.70. The van der Waals surface area contributed by atoms with E-state index in [1.54, 1.807) is 48.0 Å². The number of para-hydroxylation sites is 1. The number of fused-ring (bicyclic) bond motifs is 1. The Morgan fingerprint density at radius 1 is 1.13 bits per heavy atom. The first-order chi connectivity index (χ1) is 14.4. The largest absolute Gasteiger partial charge is 0.364 e. The number of hydrogen-bond acceptors (Lipinski definition) is 5. The van der Waals surface area contributed by atoms with E-state index in [4.69, 9.17) is 5.73 Å². The molecule has 0 saturated carbocycles. The Bertz CT molecular complexity index is 1280. The number of benzene rings is 2. The van der Waals surface area contributed by atoms with Crippen molar-refractivity contribution in [2.75, 3.05) is 5.32 Å². The van der Waals surface area contributed by atoms with Crippen LogP contribution in [0.1, 0.15) is 32.1 Å². The number of pyridine rings is 1. The molecule has 2 aromatic carbocycles. The third kappa shape index (κ3) is 3.72. The van der Waals surface area contributed by atoms with E-state index in [1.165, 1.54) is 18.2 Å². The maximum Gasteiger partial charge on any atom is 0.267 e. The highest BCUT2D eigenvalue weighted by Gasteiger charge is 2.18. The molecule has 0 bridgehead atoms. The molecule has 0 aliphatic heterocycles. The summed E-state index contributed by atoms with van der Waals surface area (Å²) in [5.41, 5.74) is 7.38. The van der Waals surface area contributed by atoms with Crippen molar-refractivity contribution in [3.8, 4) is 0 Å². The minimum Gasteiger partial charge on any atom is -0.364 e. The van der Waals surface area contributed by atoms with E-state index in [1.807, 2.05) is 0 Å². The fourth-order valence-corrected chi connectivity index (χ4v) is 3.10. The van der Waals surface area contributed by atoms with Crippen LogP contribution in [0, 0.1) is 12.7 Å². The van der Waals surface area contributed by atoms with Gasteiger partial charge in [0.05, 0.1) is 23.3 Å². The Morgan fingerprint density at radius 2 is 1.93 bits per heavy atom. The molecule has 4 aromatic rings. The number of hydrogen-bond donors (Lipinski definition) is 2. The van der Waals surface area contributed by atoms with Crippen molar-refractivity contribution < 1.29 is 14.0 Å². The molecular formula is C21H17FN6O2. The smallest absolute Gasteiger partial charge is 0.267 e. The Kier molecular flexibility index (Phi) is 4.93. The molecule has 8 nitrogen and oxygen atoms in total. The topological polar surface area (TPSA) is 116 Å². The number of rotatable bonds is 5. The van der Waals surface area contributed by atoms with Crippen LogP contribution in [-0.4, -0.2) is 31.8 Å². The lowest BCUT2D eigenvalue weighted by molar-refractivity contribution is 0.0996. The SMILES string of the molecule is Cc1c(NC(=O)c2cc(C(N)=O)nc3ccccc23)nnn1Cc1cccc(F)c1. The van der Waals surface area contributed by atoms with Gasteiger partial charge in [-0.2, -0.15) is 0 Å². The molecule has 2 heterocycles. The second-order valence-corrected chi connectivity index (χ2v) is 6.70. The van der Waals surface area contributed by atoms with Gasteiger partial charge in [0.1, 0.15) is 11.5 Å².